The van der Waals surface area contributed by atoms with Gasteiger partial charge in [-0.05, 0) is 41.5 Å². The molecule has 320 valence electrons. The summed E-state index contributed by atoms with van der Waals surface area (Å²) >= 11 is 0. The molecule has 22 heteroatoms. The molecule has 0 aromatic carbocycles. The van der Waals surface area contributed by atoms with E-state index in [0.29, 0.717) is 0 Å². The lowest BCUT2D eigenvalue weighted by atomic mass is 10.0. The molecule has 4 fully saturated rings. The molecule has 0 aliphatic carbocycles. The molecular weight excluding hydrogens is 796 g/mol. The lowest BCUT2D eigenvalue weighted by molar-refractivity contribution is -0.0785. The molecule has 4 aliphatic rings. The molecule has 4 aliphatic heterocycles. The maximum Gasteiger partial charge on any atom is 0.330 e. The average Bonchev–Trinajstić information content (AvgIpc) is 3.82. The Kier molecular flexibility index (Phi) is 17.8. The Morgan fingerprint density at radius 3 is 1.86 bits per heavy atom. The average molecular weight is 861 g/mol. The molecule has 3 unspecified atom stereocenters. The molecule has 0 saturated carbocycles. The Morgan fingerprint density at radius 2 is 1.43 bits per heavy atom. The molecule has 4 bridgehead atoms. The summed E-state index contributed by atoms with van der Waals surface area (Å²) in [5.74, 6) is 0.214. The topological polar surface area (TPSA) is 249 Å². The summed E-state index contributed by atoms with van der Waals surface area (Å²) < 4.78 is 80.6. The molecule has 6 rings (SSSR count). The van der Waals surface area contributed by atoms with E-state index in [1.54, 1.807) is 0 Å². The Hall–Kier alpha value is -2.74. The van der Waals surface area contributed by atoms with Crippen LogP contribution in [0.3, 0.4) is 0 Å². The highest BCUT2D eigenvalue weighted by atomic mass is 32.2. The summed E-state index contributed by atoms with van der Waals surface area (Å²) in [5.41, 5.74) is -4.79. The number of aromatic nitrogens is 4. The third kappa shape index (κ3) is 11.0. The van der Waals surface area contributed by atoms with Gasteiger partial charge in [0.25, 0.3) is 19.6 Å². The van der Waals surface area contributed by atoms with Gasteiger partial charge in [0.1, 0.15) is 40.5 Å². The van der Waals surface area contributed by atoms with Crippen molar-refractivity contribution in [2.24, 2.45) is 0 Å². The molecule has 2 aromatic rings. The first-order valence-electron chi connectivity index (χ1n) is 19.4. The van der Waals surface area contributed by atoms with Gasteiger partial charge in [-0.3, -0.25) is 37.1 Å². The van der Waals surface area contributed by atoms with Gasteiger partial charge in [-0.1, -0.05) is 21.3 Å². The van der Waals surface area contributed by atoms with Gasteiger partial charge in [0.2, 0.25) is 9.41 Å². The van der Waals surface area contributed by atoms with Gasteiger partial charge in [-0.2, -0.15) is 0 Å². The van der Waals surface area contributed by atoms with Crippen LogP contribution >= 0.6 is 8.53 Å². The fourth-order valence-corrected chi connectivity index (χ4v) is 12.1. The summed E-state index contributed by atoms with van der Waals surface area (Å²) in [6.45, 7) is 19.0. The minimum Gasteiger partial charge on any atom is -0.400 e. The Balaban J connectivity index is 0.000000544. The van der Waals surface area contributed by atoms with E-state index in [1.807, 2.05) is 41.5 Å². The highest BCUT2D eigenvalue weighted by Crippen LogP contribution is 2.55. The second kappa shape index (κ2) is 22.4. The zero-order valence-electron chi connectivity index (χ0n) is 36.1. The van der Waals surface area contributed by atoms with Crippen molar-refractivity contribution in [1.29, 1.82) is 2.86 Å². The van der Waals surface area contributed by atoms with Crippen molar-refractivity contribution in [3.05, 3.63) is 77.6 Å². The van der Waals surface area contributed by atoms with Crippen molar-refractivity contribution < 1.29 is 45.0 Å². The van der Waals surface area contributed by atoms with Gasteiger partial charge in [0.05, 0.1) is 11.5 Å². The molecule has 11 atom stereocenters. The van der Waals surface area contributed by atoms with Gasteiger partial charge in [-0.15, -0.1) is 0 Å². The van der Waals surface area contributed by atoms with Crippen LogP contribution < -0.4 is 22.5 Å². The van der Waals surface area contributed by atoms with Crippen molar-refractivity contribution in [1.82, 2.24) is 23.8 Å². The van der Waals surface area contributed by atoms with Crippen molar-refractivity contribution in [2.75, 3.05) is 38.9 Å². The summed E-state index contributed by atoms with van der Waals surface area (Å²) in [5, 5.41) is 15.6. The van der Waals surface area contributed by atoms with E-state index in [2.05, 4.69) is 29.7 Å². The Morgan fingerprint density at radius 1 is 0.982 bits per heavy atom. The van der Waals surface area contributed by atoms with Crippen LogP contribution in [-0.2, 0) is 40.1 Å². The summed E-state index contributed by atoms with van der Waals surface area (Å²) in [6, 6.07) is 2.50. The molecule has 19 nitrogen and oxygen atoms in total. The normalized spacial score (nSPS) is 32.0. The number of hydrogen-bond donors (Lipinski definition) is 5. The zero-order valence-corrected chi connectivity index (χ0v) is 34.6. The number of aromatic amines is 2. The van der Waals surface area contributed by atoms with Crippen LogP contribution in [-0.4, -0.2) is 135 Å². The van der Waals surface area contributed by atoms with Crippen LogP contribution in [0.5, 0.6) is 0 Å². The number of aliphatic hydroxyl groups excluding tert-OH is 3. The second-order valence-corrected chi connectivity index (χ2v) is 17.2. The van der Waals surface area contributed by atoms with Crippen molar-refractivity contribution in [2.45, 2.75) is 121 Å². The van der Waals surface area contributed by atoms with Crippen LogP contribution in [0.25, 0.3) is 4.85 Å². The fourth-order valence-electron chi connectivity index (χ4n) is 6.34. The molecule has 0 amide bonds. The molecule has 4 saturated heterocycles. The predicted octanol–water partition coefficient (Wildman–Crippen LogP) is 0.817. The highest BCUT2D eigenvalue weighted by Gasteiger charge is 2.65. The summed E-state index contributed by atoms with van der Waals surface area (Å²) in [4.78, 5) is 54.2. The third-order valence-corrected chi connectivity index (χ3v) is 14.3. The molecular formula is C34H59N6O13PS2. The number of hydrogen-bond acceptors (Lipinski definition) is 14. The smallest absolute Gasteiger partial charge is 0.330 e. The van der Waals surface area contributed by atoms with E-state index in [-0.39, 0.29) is 58.0 Å². The van der Waals surface area contributed by atoms with Crippen molar-refractivity contribution >= 4 is 30.1 Å². The molecule has 56 heavy (non-hydrogen) atoms. The highest BCUT2D eigenvalue weighted by molar-refractivity contribution is 7.86. The first-order valence-corrected chi connectivity index (χ1v) is 21.1. The lowest BCUT2D eigenvalue weighted by Crippen LogP contribution is -2.41. The number of ether oxygens (including phenoxy) is 2. The van der Waals surface area contributed by atoms with E-state index in [0.717, 1.165) is 10.6 Å². The number of H-pyrrole nitrogens is 2. The largest absolute Gasteiger partial charge is 0.400 e. The predicted molar refractivity (Wildman–Crippen MR) is 215 cm³/mol. The first-order chi connectivity index (χ1) is 28.0. The molecule has 6 heterocycles. The molecule has 5 N–H and O–H groups in total. The Labute approximate surface area is 338 Å². The van der Waals surface area contributed by atoms with Crippen LogP contribution in [0.4, 0.5) is 0 Å². The molecule has 0 spiro atoms. The van der Waals surface area contributed by atoms with Gasteiger partial charge in [0, 0.05) is 75.2 Å². The number of rotatable bonds is 10. The third-order valence-electron chi connectivity index (χ3n) is 8.43. The molecule has 0 radical (unpaired) electrons. The number of fused-ring (bicyclic) bond motifs is 4. The van der Waals surface area contributed by atoms with E-state index in [4.69, 9.17) is 30.7 Å². The minimum absolute atomic E-state index is 0. The Bertz CT molecular complexity index is 1960. The monoisotopic (exact) mass is 860 g/mol. The SMILES string of the molecule is C.CC.[2H]C[C@@]12CS(=O)[C@@H]([C@H](n3ccc(=O)[nH]c3=O)O1)[C@@H]2O.[2H]C[C@@]12CS(=O)[C@@H]([C@H](n3ccc(=O)[nH]c3=O)O1)[C@@H]2OP(OCC[N+]#[C-])N(C(C)C)C(C)C.[3H]OC.[3H]OC. The van der Waals surface area contributed by atoms with Crippen LogP contribution in [0.15, 0.2) is 43.7 Å². The van der Waals surface area contributed by atoms with Crippen LogP contribution in [0, 0.1) is 6.57 Å². The maximum absolute atomic E-state index is 13.0. The maximum atomic E-state index is 13.0. The van der Waals surface area contributed by atoms with Crippen LogP contribution in [0.2, 0.25) is 0 Å². The van der Waals surface area contributed by atoms with Gasteiger partial charge < -0.3 is 38.7 Å². The first kappa shape index (κ1) is 44.4. The molecule has 2 aromatic heterocycles. The van der Waals surface area contributed by atoms with E-state index < -0.39 is 99.0 Å². The van der Waals surface area contributed by atoms with E-state index in [1.165, 1.54) is 37.2 Å². The fraction of sp³-hybridized carbons (Fsp3) is 0.735. The summed E-state index contributed by atoms with van der Waals surface area (Å²) in [6.07, 6.45) is -1.09. The van der Waals surface area contributed by atoms with Gasteiger partial charge in [-0.25, -0.2) is 20.8 Å². The van der Waals surface area contributed by atoms with E-state index >= 15 is 0 Å². The number of aliphatic hydroxyl groups is 3. The zero-order chi connectivity index (χ0) is 44.8. The lowest BCUT2D eigenvalue weighted by Gasteiger charge is -2.38. The summed E-state index contributed by atoms with van der Waals surface area (Å²) in [7, 11) is -1.85. The second-order valence-electron chi connectivity index (χ2n) is 12.7. The standard InChI is InChI=1S/C19H29N4O6PS.C10H12N2O5S.C2H6.2CH4O.CH4/c1-12(2)23(13(3)4)30(27-10-8-20-6)29-16-15-17(28-19(16,5)11-31(15)26)22-9-7-14(24)21-18(22)25;1-10-4-18(16)6(7(10)14)8(17-10)12-3-2-5(13)11-9(12)15;3*1-2;/h7,9,12-13,15-17H,8,10-11H2,1-5H3,(H,21,24,25);2-3,6-8,14H,4H2,1H3,(H,11,13,15);1-2H3;2*2H,1H3;1H4/t15-,16+,17-,19+,30?,31?;6-,7+,8-,10+,18?;;;;/m11..../s1/i5D;1D;;2*2T;. The van der Waals surface area contributed by atoms with Crippen molar-refractivity contribution in [3.63, 3.8) is 0 Å². The minimum atomic E-state index is -1.65. The number of nitrogens with zero attached hydrogens (tertiary/aromatic N) is 4. The van der Waals surface area contributed by atoms with Gasteiger partial charge in [0.15, 0.2) is 12.5 Å². The van der Waals surface area contributed by atoms with Crippen molar-refractivity contribution in [3.8, 4) is 0 Å². The van der Waals surface area contributed by atoms with Gasteiger partial charge >= 0.3 is 11.4 Å². The van der Waals surface area contributed by atoms with E-state index in [9.17, 15) is 32.7 Å². The number of nitrogens with one attached hydrogen (secondary N) is 2. The van der Waals surface area contributed by atoms with Crippen LogP contribution in [0.1, 0.15) is 78.0 Å². The quantitative estimate of drug-likeness (QED) is 0.126.